The van der Waals surface area contributed by atoms with Crippen molar-refractivity contribution in [2.75, 3.05) is 18.5 Å². The summed E-state index contributed by atoms with van der Waals surface area (Å²) < 4.78 is 88.3. The smallest absolute Gasteiger partial charge is 0.394 e. The van der Waals surface area contributed by atoms with Crippen LogP contribution in [0.1, 0.15) is 25.0 Å². The summed E-state index contributed by atoms with van der Waals surface area (Å²) in [5, 5.41) is 14.0. The van der Waals surface area contributed by atoms with E-state index in [2.05, 4.69) is 10.6 Å². The van der Waals surface area contributed by atoms with Crippen LogP contribution in [-0.4, -0.2) is 41.4 Å². The van der Waals surface area contributed by atoms with E-state index in [1.807, 2.05) is 0 Å². The largest absolute Gasteiger partial charge is 0.416 e. The van der Waals surface area contributed by atoms with Gasteiger partial charge in [0.1, 0.15) is 12.2 Å². The molecule has 1 aliphatic rings. The molecule has 1 aromatic rings. The predicted molar refractivity (Wildman–Crippen MR) is 91.6 cm³/mol. The zero-order valence-corrected chi connectivity index (χ0v) is 15.6. The van der Waals surface area contributed by atoms with Gasteiger partial charge in [0.2, 0.25) is 0 Å². The molecule has 0 unspecified atom stereocenters. The number of aliphatic hydroxyl groups excluding tert-OH is 1. The first-order valence-electron chi connectivity index (χ1n) is 8.02. The maximum absolute atomic E-state index is 12.9. The second-order valence-corrected chi connectivity index (χ2v) is 6.93. The second-order valence-electron chi connectivity index (χ2n) is 6.52. The Morgan fingerprint density at radius 1 is 1.04 bits per heavy atom. The SMILES string of the molecule is CC1(C)O[C@@H](CO)[C@H](CNC(=S)Nc2cc(C(F)(F)F)cc(C(F)(F)F)c2)O1. The first kappa shape index (κ1) is 22.7. The summed E-state index contributed by atoms with van der Waals surface area (Å²) in [6.07, 6.45) is -11.2. The number of hydrogen-bond donors (Lipinski definition) is 3. The van der Waals surface area contributed by atoms with Crippen molar-refractivity contribution in [1.82, 2.24) is 5.32 Å². The Morgan fingerprint density at radius 3 is 2.00 bits per heavy atom. The molecule has 0 bridgehead atoms. The molecule has 5 nitrogen and oxygen atoms in total. The number of rotatable bonds is 4. The van der Waals surface area contributed by atoms with Crippen molar-refractivity contribution in [2.45, 2.75) is 44.2 Å². The molecule has 3 N–H and O–H groups in total. The molecule has 1 aromatic carbocycles. The molecule has 0 aromatic heterocycles. The number of aliphatic hydroxyl groups is 1. The van der Waals surface area contributed by atoms with Crippen molar-refractivity contribution in [1.29, 1.82) is 0 Å². The van der Waals surface area contributed by atoms with Gasteiger partial charge in [0.15, 0.2) is 10.9 Å². The molecule has 0 amide bonds. The van der Waals surface area contributed by atoms with Crippen LogP contribution in [0.25, 0.3) is 0 Å². The average molecular weight is 432 g/mol. The topological polar surface area (TPSA) is 62.8 Å². The van der Waals surface area contributed by atoms with E-state index >= 15 is 0 Å². The van der Waals surface area contributed by atoms with Crippen molar-refractivity contribution in [3.8, 4) is 0 Å². The molecule has 12 heteroatoms. The normalized spacial score (nSPS) is 22.2. The summed E-state index contributed by atoms with van der Waals surface area (Å²) in [4.78, 5) is 0. The Bertz CT molecular complexity index is 691. The Labute approximate surface area is 162 Å². The Hall–Kier alpha value is -1.63. The molecule has 1 heterocycles. The van der Waals surface area contributed by atoms with Gasteiger partial charge in [0.05, 0.1) is 17.7 Å². The van der Waals surface area contributed by atoms with E-state index in [0.717, 1.165) is 0 Å². The highest BCUT2D eigenvalue weighted by molar-refractivity contribution is 7.80. The molecule has 2 rings (SSSR count). The summed E-state index contributed by atoms with van der Waals surface area (Å²) in [6, 6.07) is 1.08. The fourth-order valence-corrected chi connectivity index (χ4v) is 2.83. The molecular formula is C16H18F6N2O3S. The van der Waals surface area contributed by atoms with Crippen LogP contribution in [-0.2, 0) is 21.8 Å². The lowest BCUT2D eigenvalue weighted by Gasteiger charge is -2.19. The van der Waals surface area contributed by atoms with Gasteiger partial charge < -0.3 is 25.2 Å². The third-order valence-corrected chi connectivity index (χ3v) is 4.02. The standard InChI is InChI=1S/C16H18F6N2O3S/c1-14(2)26-11(12(7-25)27-14)6-23-13(28)24-10-4-8(15(17,18)19)3-9(5-10)16(20,21)22/h3-5,11-12,25H,6-7H2,1-2H3,(H2,23,24,28)/t11-,12-/m0/s1. The highest BCUT2D eigenvalue weighted by atomic mass is 32.1. The Balaban J connectivity index is 2.09. The summed E-state index contributed by atoms with van der Waals surface area (Å²) in [5.41, 5.74) is -3.38. The predicted octanol–water partition coefficient (Wildman–Crippen LogP) is 3.52. The minimum atomic E-state index is -4.96. The quantitative estimate of drug-likeness (QED) is 0.500. The molecule has 1 saturated heterocycles. The van der Waals surface area contributed by atoms with E-state index in [9.17, 15) is 31.4 Å². The molecule has 28 heavy (non-hydrogen) atoms. The summed E-state index contributed by atoms with van der Waals surface area (Å²) in [6.45, 7) is 2.95. The van der Waals surface area contributed by atoms with Crippen LogP contribution in [0.3, 0.4) is 0 Å². The van der Waals surface area contributed by atoms with Crippen molar-refractivity contribution in [2.24, 2.45) is 0 Å². The van der Waals surface area contributed by atoms with Gasteiger partial charge in [-0.1, -0.05) is 0 Å². The number of hydrogen-bond acceptors (Lipinski definition) is 4. The average Bonchev–Trinajstić information content (AvgIpc) is 2.85. The van der Waals surface area contributed by atoms with Crippen molar-refractivity contribution in [3.63, 3.8) is 0 Å². The van der Waals surface area contributed by atoms with Gasteiger partial charge in [-0.05, 0) is 44.3 Å². The van der Waals surface area contributed by atoms with E-state index in [0.29, 0.717) is 12.1 Å². The molecule has 1 fully saturated rings. The van der Waals surface area contributed by atoms with E-state index in [1.165, 1.54) is 0 Å². The molecule has 0 spiro atoms. The van der Waals surface area contributed by atoms with Gasteiger partial charge in [-0.2, -0.15) is 26.3 Å². The van der Waals surface area contributed by atoms with E-state index in [1.54, 1.807) is 13.8 Å². The van der Waals surface area contributed by atoms with Gasteiger partial charge in [-0.25, -0.2) is 0 Å². The Morgan fingerprint density at radius 2 is 1.54 bits per heavy atom. The molecule has 158 valence electrons. The van der Waals surface area contributed by atoms with Crippen LogP contribution in [0.15, 0.2) is 18.2 Å². The fraction of sp³-hybridized carbons (Fsp3) is 0.562. The molecule has 2 atom stereocenters. The third-order valence-electron chi connectivity index (χ3n) is 3.77. The summed E-state index contributed by atoms with van der Waals surface area (Å²) in [7, 11) is 0. The number of benzene rings is 1. The zero-order chi connectivity index (χ0) is 21.3. The highest BCUT2D eigenvalue weighted by Crippen LogP contribution is 2.37. The molecule has 0 radical (unpaired) electrons. The van der Waals surface area contributed by atoms with E-state index < -0.39 is 47.2 Å². The van der Waals surface area contributed by atoms with Crippen LogP contribution in [0.4, 0.5) is 32.0 Å². The number of alkyl halides is 6. The van der Waals surface area contributed by atoms with Gasteiger partial charge in [0.25, 0.3) is 0 Å². The lowest BCUT2D eigenvalue weighted by atomic mass is 10.1. The van der Waals surface area contributed by atoms with Crippen LogP contribution in [0.5, 0.6) is 0 Å². The Kier molecular flexibility index (Phi) is 6.48. The lowest BCUT2D eigenvalue weighted by molar-refractivity contribution is -0.148. The van der Waals surface area contributed by atoms with Gasteiger partial charge in [-0.3, -0.25) is 0 Å². The molecule has 1 aliphatic heterocycles. The fourth-order valence-electron chi connectivity index (χ4n) is 2.63. The van der Waals surface area contributed by atoms with Gasteiger partial charge in [-0.15, -0.1) is 0 Å². The first-order valence-corrected chi connectivity index (χ1v) is 8.43. The van der Waals surface area contributed by atoms with Gasteiger partial charge >= 0.3 is 12.4 Å². The van der Waals surface area contributed by atoms with Crippen molar-refractivity contribution in [3.05, 3.63) is 29.3 Å². The summed E-state index contributed by atoms with van der Waals surface area (Å²) >= 11 is 4.93. The third kappa shape index (κ3) is 5.93. The monoisotopic (exact) mass is 432 g/mol. The minimum absolute atomic E-state index is 0.0194. The maximum Gasteiger partial charge on any atom is 0.416 e. The number of anilines is 1. The number of nitrogens with one attached hydrogen (secondary N) is 2. The number of halogens is 6. The molecule has 0 aliphatic carbocycles. The van der Waals surface area contributed by atoms with Crippen LogP contribution in [0, 0.1) is 0 Å². The van der Waals surface area contributed by atoms with Crippen molar-refractivity contribution < 1.29 is 40.9 Å². The van der Waals surface area contributed by atoms with Crippen LogP contribution in [0.2, 0.25) is 0 Å². The molecule has 0 saturated carbocycles. The van der Waals surface area contributed by atoms with Gasteiger partial charge in [0, 0.05) is 12.2 Å². The lowest BCUT2D eigenvalue weighted by Crippen LogP contribution is -2.40. The maximum atomic E-state index is 12.9. The van der Waals surface area contributed by atoms with Crippen LogP contribution < -0.4 is 10.6 Å². The number of ether oxygens (including phenoxy) is 2. The first-order chi connectivity index (χ1) is 12.7. The zero-order valence-electron chi connectivity index (χ0n) is 14.7. The highest BCUT2D eigenvalue weighted by Gasteiger charge is 2.41. The van der Waals surface area contributed by atoms with Crippen molar-refractivity contribution >= 4 is 23.0 Å². The molecular weight excluding hydrogens is 414 g/mol. The summed E-state index contributed by atoms with van der Waals surface area (Å²) in [5.74, 6) is -0.947. The van der Waals surface area contributed by atoms with E-state index in [-0.39, 0.29) is 24.3 Å². The minimum Gasteiger partial charge on any atom is -0.394 e. The number of thiocarbonyl (C=S) groups is 1. The second kappa shape index (κ2) is 8.01. The van der Waals surface area contributed by atoms with E-state index in [4.69, 9.17) is 21.7 Å². The van der Waals surface area contributed by atoms with Crippen LogP contribution >= 0.6 is 12.2 Å².